The number of carbonyl (C=O) groups excluding carboxylic acids is 2. The lowest BCUT2D eigenvalue weighted by Gasteiger charge is -2.12. The fourth-order valence-electron chi connectivity index (χ4n) is 3.18. The zero-order valence-corrected chi connectivity index (χ0v) is 14.4. The van der Waals surface area contributed by atoms with Crippen molar-refractivity contribution in [2.45, 2.75) is 31.8 Å². The van der Waals surface area contributed by atoms with Gasteiger partial charge < -0.3 is 16.4 Å². The van der Waals surface area contributed by atoms with Gasteiger partial charge in [0.2, 0.25) is 5.91 Å². The molecule has 1 aliphatic rings. The fourth-order valence-corrected chi connectivity index (χ4v) is 3.18. The fraction of sp³-hybridized carbons (Fsp3) is 0.300. The Labute approximate surface area is 151 Å². The molecule has 0 spiro atoms. The summed E-state index contributed by atoms with van der Waals surface area (Å²) < 4.78 is 13.2. The molecule has 2 aromatic carbocycles. The summed E-state index contributed by atoms with van der Waals surface area (Å²) >= 11 is 0. The maximum Gasteiger partial charge on any atom is 0.255 e. The molecule has 1 fully saturated rings. The molecule has 4 N–H and O–H groups in total. The minimum absolute atomic E-state index is 0.0131. The number of benzene rings is 2. The van der Waals surface area contributed by atoms with E-state index in [0.717, 1.165) is 24.8 Å². The van der Waals surface area contributed by atoms with Crippen molar-refractivity contribution in [1.29, 1.82) is 0 Å². The van der Waals surface area contributed by atoms with Crippen molar-refractivity contribution >= 4 is 17.5 Å². The van der Waals surface area contributed by atoms with Gasteiger partial charge >= 0.3 is 0 Å². The molecule has 0 heterocycles. The first-order valence-electron chi connectivity index (χ1n) is 8.70. The maximum absolute atomic E-state index is 13.2. The molecule has 2 amide bonds. The Hall–Kier alpha value is -2.73. The minimum Gasteiger partial charge on any atom is -0.352 e. The van der Waals surface area contributed by atoms with Crippen molar-refractivity contribution in [3.05, 3.63) is 65.5 Å². The van der Waals surface area contributed by atoms with Crippen LogP contribution in [0.2, 0.25) is 0 Å². The van der Waals surface area contributed by atoms with Crippen molar-refractivity contribution in [2.24, 2.45) is 11.7 Å². The Bertz CT molecular complexity index is 809. The second-order valence-electron chi connectivity index (χ2n) is 6.65. The summed E-state index contributed by atoms with van der Waals surface area (Å²) in [6.45, 7) is 0.383. The smallest absolute Gasteiger partial charge is 0.255 e. The molecule has 1 aliphatic carbocycles. The van der Waals surface area contributed by atoms with Crippen molar-refractivity contribution in [1.82, 2.24) is 5.32 Å². The van der Waals surface area contributed by atoms with Crippen LogP contribution in [0.15, 0.2) is 48.5 Å². The van der Waals surface area contributed by atoms with Crippen molar-refractivity contribution in [3.8, 4) is 0 Å². The van der Waals surface area contributed by atoms with E-state index in [1.54, 1.807) is 24.3 Å². The zero-order valence-electron chi connectivity index (χ0n) is 14.4. The highest BCUT2D eigenvalue weighted by Gasteiger charge is 2.27. The molecule has 0 radical (unpaired) electrons. The molecule has 3 rings (SSSR count). The van der Waals surface area contributed by atoms with Crippen LogP contribution in [0.25, 0.3) is 0 Å². The predicted molar refractivity (Wildman–Crippen MR) is 98.0 cm³/mol. The number of anilines is 1. The highest BCUT2D eigenvalue weighted by Crippen LogP contribution is 2.24. The number of halogens is 1. The normalized spacial score (nSPS) is 19.2. The predicted octanol–water partition coefficient (Wildman–Crippen LogP) is 2.82. The molecule has 1 saturated carbocycles. The van der Waals surface area contributed by atoms with E-state index < -0.39 is 5.82 Å². The van der Waals surface area contributed by atoms with Gasteiger partial charge in [0.25, 0.3) is 5.91 Å². The summed E-state index contributed by atoms with van der Waals surface area (Å²) in [4.78, 5) is 24.4. The van der Waals surface area contributed by atoms with Crippen LogP contribution in [0.3, 0.4) is 0 Å². The third-order valence-corrected chi connectivity index (χ3v) is 4.58. The number of carbonyl (C=O) groups is 2. The van der Waals surface area contributed by atoms with Gasteiger partial charge in [0.05, 0.1) is 0 Å². The standard InChI is InChI=1S/C20H22FN3O2/c21-16-5-2-4-14(10-16)20(26)24-18-6-1-3-13(9-18)12-23-19(25)15-7-8-17(22)11-15/h1-6,9-10,15,17H,7-8,11-12,22H2,(H,23,25)(H,24,26). The molecular weight excluding hydrogens is 333 g/mol. The van der Waals surface area contributed by atoms with E-state index in [4.69, 9.17) is 5.73 Å². The lowest BCUT2D eigenvalue weighted by molar-refractivity contribution is -0.125. The molecule has 136 valence electrons. The first kappa shape index (κ1) is 18.1. The summed E-state index contributed by atoms with van der Waals surface area (Å²) in [6.07, 6.45) is 2.45. The largest absolute Gasteiger partial charge is 0.352 e. The average molecular weight is 355 g/mol. The van der Waals surface area contributed by atoms with E-state index in [9.17, 15) is 14.0 Å². The number of rotatable bonds is 5. The molecule has 2 aromatic rings. The van der Waals surface area contributed by atoms with Crippen LogP contribution >= 0.6 is 0 Å². The van der Waals surface area contributed by atoms with Gasteiger partial charge in [0.15, 0.2) is 0 Å². The average Bonchev–Trinajstić information content (AvgIpc) is 3.06. The van der Waals surface area contributed by atoms with E-state index >= 15 is 0 Å². The van der Waals surface area contributed by atoms with Crippen LogP contribution in [0, 0.1) is 11.7 Å². The Morgan fingerprint density at radius 2 is 1.92 bits per heavy atom. The second-order valence-corrected chi connectivity index (χ2v) is 6.65. The molecule has 2 atom stereocenters. The van der Waals surface area contributed by atoms with E-state index in [1.807, 2.05) is 6.07 Å². The minimum atomic E-state index is -0.458. The monoisotopic (exact) mass is 355 g/mol. The molecule has 0 bridgehead atoms. The van der Waals surface area contributed by atoms with Crippen LogP contribution in [0.5, 0.6) is 0 Å². The Morgan fingerprint density at radius 1 is 1.12 bits per heavy atom. The molecular formula is C20H22FN3O2. The molecule has 0 aliphatic heterocycles. The van der Waals surface area contributed by atoms with Gasteiger partial charge in [-0.1, -0.05) is 18.2 Å². The van der Waals surface area contributed by atoms with Gasteiger partial charge in [0.1, 0.15) is 5.82 Å². The quantitative estimate of drug-likeness (QED) is 0.771. The van der Waals surface area contributed by atoms with E-state index in [0.29, 0.717) is 12.2 Å². The van der Waals surface area contributed by atoms with Gasteiger partial charge in [-0.15, -0.1) is 0 Å². The zero-order chi connectivity index (χ0) is 18.5. The van der Waals surface area contributed by atoms with Crippen LogP contribution in [-0.4, -0.2) is 17.9 Å². The number of hydrogen-bond donors (Lipinski definition) is 3. The molecule has 5 nitrogen and oxygen atoms in total. The number of hydrogen-bond acceptors (Lipinski definition) is 3. The van der Waals surface area contributed by atoms with Crippen LogP contribution < -0.4 is 16.4 Å². The summed E-state index contributed by atoms with van der Waals surface area (Å²) in [7, 11) is 0. The molecule has 0 saturated heterocycles. The van der Waals surface area contributed by atoms with E-state index in [2.05, 4.69) is 10.6 Å². The lowest BCUT2D eigenvalue weighted by Crippen LogP contribution is -2.30. The van der Waals surface area contributed by atoms with Crippen LogP contribution in [-0.2, 0) is 11.3 Å². The van der Waals surface area contributed by atoms with Gasteiger partial charge in [-0.2, -0.15) is 0 Å². The number of nitrogens with two attached hydrogens (primary N) is 1. The Morgan fingerprint density at radius 3 is 2.65 bits per heavy atom. The molecule has 26 heavy (non-hydrogen) atoms. The Kier molecular flexibility index (Phi) is 5.63. The second kappa shape index (κ2) is 8.10. The summed E-state index contributed by atoms with van der Waals surface area (Å²) in [6, 6.07) is 12.8. The number of nitrogens with one attached hydrogen (secondary N) is 2. The van der Waals surface area contributed by atoms with Gasteiger partial charge in [-0.3, -0.25) is 9.59 Å². The summed E-state index contributed by atoms with van der Waals surface area (Å²) in [5, 5.41) is 5.66. The van der Waals surface area contributed by atoms with Crippen molar-refractivity contribution < 1.29 is 14.0 Å². The SMILES string of the molecule is NC1CCC(C(=O)NCc2cccc(NC(=O)c3cccc(F)c3)c2)C1. The highest BCUT2D eigenvalue weighted by molar-refractivity contribution is 6.04. The van der Waals surface area contributed by atoms with E-state index in [-0.39, 0.29) is 29.3 Å². The third-order valence-electron chi connectivity index (χ3n) is 4.58. The highest BCUT2D eigenvalue weighted by atomic mass is 19.1. The topological polar surface area (TPSA) is 84.2 Å². The molecule has 0 aromatic heterocycles. The lowest BCUT2D eigenvalue weighted by atomic mass is 10.1. The summed E-state index contributed by atoms with van der Waals surface area (Å²) in [5.74, 6) is -0.834. The molecule has 6 heteroatoms. The maximum atomic E-state index is 13.2. The van der Waals surface area contributed by atoms with Crippen molar-refractivity contribution in [2.75, 3.05) is 5.32 Å². The Balaban J connectivity index is 1.58. The first-order valence-corrected chi connectivity index (χ1v) is 8.70. The van der Waals surface area contributed by atoms with Gasteiger partial charge in [-0.25, -0.2) is 4.39 Å². The van der Waals surface area contributed by atoms with Gasteiger partial charge in [-0.05, 0) is 55.2 Å². The molecule has 2 unspecified atom stereocenters. The first-order chi connectivity index (χ1) is 12.5. The summed E-state index contributed by atoms with van der Waals surface area (Å²) in [5.41, 5.74) is 7.57. The third kappa shape index (κ3) is 4.67. The van der Waals surface area contributed by atoms with Gasteiger partial charge in [0, 0.05) is 29.8 Å². The van der Waals surface area contributed by atoms with Crippen LogP contribution in [0.1, 0.15) is 35.2 Å². The van der Waals surface area contributed by atoms with Crippen LogP contribution in [0.4, 0.5) is 10.1 Å². The number of amides is 2. The van der Waals surface area contributed by atoms with Crippen molar-refractivity contribution in [3.63, 3.8) is 0 Å². The van der Waals surface area contributed by atoms with E-state index in [1.165, 1.54) is 18.2 Å².